The largest absolute Gasteiger partial charge is 0.494 e. The summed E-state index contributed by atoms with van der Waals surface area (Å²) in [5, 5.41) is 3.41. The number of nitrogens with one attached hydrogen (secondary N) is 1. The van der Waals surface area contributed by atoms with Gasteiger partial charge >= 0.3 is 0 Å². The van der Waals surface area contributed by atoms with E-state index in [0.717, 1.165) is 31.4 Å². The molecule has 2 nitrogen and oxygen atoms in total. The molecule has 2 rings (SSSR count). The fourth-order valence-corrected chi connectivity index (χ4v) is 3.80. The van der Waals surface area contributed by atoms with E-state index in [9.17, 15) is 0 Å². The molecule has 0 fully saturated rings. The molecule has 0 saturated carbocycles. The molecule has 0 bridgehead atoms. The zero-order valence-electron chi connectivity index (χ0n) is 11.1. The maximum atomic E-state index is 5.30. The summed E-state index contributed by atoms with van der Waals surface area (Å²) in [5.41, 5.74) is 3.48. The summed E-state index contributed by atoms with van der Waals surface area (Å²) >= 11 is 10.6. The Morgan fingerprint density at radius 2 is 1.65 bits per heavy atom. The molecule has 0 unspecified atom stereocenters. The molecule has 106 valence electrons. The van der Waals surface area contributed by atoms with Crippen molar-refractivity contribution in [2.24, 2.45) is 0 Å². The van der Waals surface area contributed by atoms with E-state index < -0.39 is 0 Å². The quantitative estimate of drug-likeness (QED) is 0.609. The Morgan fingerprint density at radius 3 is 2.20 bits per heavy atom. The van der Waals surface area contributed by atoms with Gasteiger partial charge in [0.05, 0.1) is 16.1 Å². The normalized spacial score (nSPS) is 10.4. The summed E-state index contributed by atoms with van der Waals surface area (Å²) in [6.07, 6.45) is 0. The van der Waals surface area contributed by atoms with E-state index >= 15 is 0 Å². The Balaban J connectivity index is 2.13. The molecule has 0 atom stereocenters. The molecule has 1 N–H and O–H groups in total. The predicted octanol–water partition coefficient (Wildman–Crippen LogP) is 5.90. The van der Waals surface area contributed by atoms with Crippen LogP contribution < -0.4 is 10.1 Å². The summed E-state index contributed by atoms with van der Waals surface area (Å²) in [7, 11) is 1.66. The van der Waals surface area contributed by atoms with Crippen LogP contribution in [0.3, 0.4) is 0 Å². The van der Waals surface area contributed by atoms with E-state index in [-0.39, 0.29) is 0 Å². The summed E-state index contributed by atoms with van der Waals surface area (Å²) in [6.45, 7) is 2.82. The molecule has 0 saturated heterocycles. The van der Waals surface area contributed by atoms with Crippen LogP contribution in [0.15, 0.2) is 43.7 Å². The number of aryl methyl sites for hydroxylation is 1. The van der Waals surface area contributed by atoms with Crippen LogP contribution >= 0.6 is 47.8 Å². The van der Waals surface area contributed by atoms with Crippen molar-refractivity contribution >= 4 is 53.5 Å². The Morgan fingerprint density at radius 1 is 1.00 bits per heavy atom. The van der Waals surface area contributed by atoms with Crippen molar-refractivity contribution in [3.63, 3.8) is 0 Å². The summed E-state index contributed by atoms with van der Waals surface area (Å²) in [6, 6.07) is 10.4. The van der Waals surface area contributed by atoms with E-state index in [0.29, 0.717) is 0 Å². The fraction of sp³-hybridized carbons (Fsp3) is 0.200. The molecule has 5 heteroatoms. The standard InChI is InChI=1S/C15H14Br3NO/c1-9-3-4-11(7-12(9)16)19-8-10-5-13(17)15(20-2)14(18)6-10/h3-7,19H,8H2,1-2H3. The average Bonchev–Trinajstić information content (AvgIpc) is 2.40. The minimum Gasteiger partial charge on any atom is -0.494 e. The molecule has 0 aliphatic heterocycles. The molecule has 0 aliphatic carbocycles. The van der Waals surface area contributed by atoms with Gasteiger partial charge in [0.2, 0.25) is 0 Å². The van der Waals surface area contributed by atoms with Gasteiger partial charge in [-0.25, -0.2) is 0 Å². The van der Waals surface area contributed by atoms with Crippen molar-refractivity contribution in [3.8, 4) is 5.75 Å². The molecular weight excluding hydrogens is 450 g/mol. The summed E-state index contributed by atoms with van der Waals surface area (Å²) < 4.78 is 8.29. The van der Waals surface area contributed by atoms with Gasteiger partial charge in [0.25, 0.3) is 0 Å². The fourth-order valence-electron chi connectivity index (χ4n) is 1.82. The predicted molar refractivity (Wildman–Crippen MR) is 94.6 cm³/mol. The highest BCUT2D eigenvalue weighted by atomic mass is 79.9. The van der Waals surface area contributed by atoms with Crippen LogP contribution in [0.25, 0.3) is 0 Å². The lowest BCUT2D eigenvalue weighted by Gasteiger charge is -2.11. The Bertz CT molecular complexity index is 606. The van der Waals surface area contributed by atoms with Crippen LogP contribution in [-0.2, 0) is 6.54 Å². The second-order valence-electron chi connectivity index (χ2n) is 4.41. The minimum atomic E-state index is 0.747. The van der Waals surface area contributed by atoms with Gasteiger partial charge in [0, 0.05) is 16.7 Å². The van der Waals surface area contributed by atoms with Crippen molar-refractivity contribution in [1.82, 2.24) is 0 Å². The first kappa shape index (κ1) is 15.9. The number of hydrogen-bond acceptors (Lipinski definition) is 2. The van der Waals surface area contributed by atoms with Crippen molar-refractivity contribution in [1.29, 1.82) is 0 Å². The van der Waals surface area contributed by atoms with Crippen LogP contribution in [-0.4, -0.2) is 7.11 Å². The van der Waals surface area contributed by atoms with E-state index in [2.05, 4.69) is 90.4 Å². The summed E-state index contributed by atoms with van der Waals surface area (Å²) in [5.74, 6) is 0.812. The summed E-state index contributed by atoms with van der Waals surface area (Å²) in [4.78, 5) is 0. The third-order valence-electron chi connectivity index (χ3n) is 2.93. The smallest absolute Gasteiger partial charge is 0.147 e. The molecule has 0 heterocycles. The second kappa shape index (κ2) is 6.96. The lowest BCUT2D eigenvalue weighted by molar-refractivity contribution is 0.409. The zero-order valence-corrected chi connectivity index (χ0v) is 15.9. The maximum Gasteiger partial charge on any atom is 0.147 e. The highest BCUT2D eigenvalue weighted by molar-refractivity contribution is 9.11. The van der Waals surface area contributed by atoms with Gasteiger partial charge < -0.3 is 10.1 Å². The third-order valence-corrected chi connectivity index (χ3v) is 4.96. The molecule has 2 aromatic carbocycles. The van der Waals surface area contributed by atoms with Crippen LogP contribution in [0.5, 0.6) is 5.75 Å². The second-order valence-corrected chi connectivity index (χ2v) is 6.97. The van der Waals surface area contributed by atoms with Gasteiger partial charge in [-0.15, -0.1) is 0 Å². The van der Waals surface area contributed by atoms with Gasteiger partial charge in [-0.2, -0.15) is 0 Å². The van der Waals surface area contributed by atoms with Gasteiger partial charge in [0.15, 0.2) is 0 Å². The highest BCUT2D eigenvalue weighted by Crippen LogP contribution is 2.34. The number of rotatable bonds is 4. The lowest BCUT2D eigenvalue weighted by Crippen LogP contribution is -2.00. The molecule has 0 amide bonds. The van der Waals surface area contributed by atoms with Crippen LogP contribution in [0.1, 0.15) is 11.1 Å². The van der Waals surface area contributed by atoms with E-state index in [1.165, 1.54) is 11.1 Å². The topological polar surface area (TPSA) is 21.3 Å². The lowest BCUT2D eigenvalue weighted by atomic mass is 10.2. The van der Waals surface area contributed by atoms with Crippen LogP contribution in [0.4, 0.5) is 5.69 Å². The molecular formula is C15H14Br3NO. The number of halogens is 3. The zero-order chi connectivity index (χ0) is 14.7. The van der Waals surface area contributed by atoms with Crippen molar-refractivity contribution in [3.05, 3.63) is 54.9 Å². The average molecular weight is 464 g/mol. The van der Waals surface area contributed by atoms with E-state index in [1.807, 2.05) is 0 Å². The third kappa shape index (κ3) is 3.77. The number of methoxy groups -OCH3 is 1. The van der Waals surface area contributed by atoms with E-state index in [4.69, 9.17) is 4.74 Å². The number of hydrogen-bond donors (Lipinski definition) is 1. The first-order valence-corrected chi connectivity index (χ1v) is 8.41. The molecule has 0 spiro atoms. The van der Waals surface area contributed by atoms with Crippen LogP contribution in [0, 0.1) is 6.92 Å². The van der Waals surface area contributed by atoms with Gasteiger partial charge in [0.1, 0.15) is 5.75 Å². The van der Waals surface area contributed by atoms with Crippen molar-refractivity contribution in [2.75, 3.05) is 12.4 Å². The number of benzene rings is 2. The SMILES string of the molecule is COc1c(Br)cc(CNc2ccc(C)c(Br)c2)cc1Br. The minimum absolute atomic E-state index is 0.747. The highest BCUT2D eigenvalue weighted by Gasteiger charge is 2.07. The molecule has 0 aromatic heterocycles. The number of ether oxygens (including phenoxy) is 1. The van der Waals surface area contributed by atoms with Gasteiger partial charge in [-0.3, -0.25) is 0 Å². The molecule has 0 radical (unpaired) electrons. The van der Waals surface area contributed by atoms with Gasteiger partial charge in [-0.1, -0.05) is 22.0 Å². The Kier molecular flexibility index (Phi) is 5.52. The van der Waals surface area contributed by atoms with Crippen molar-refractivity contribution in [2.45, 2.75) is 13.5 Å². The first-order chi connectivity index (χ1) is 9.51. The molecule has 2 aromatic rings. The Hall–Kier alpha value is -0.520. The van der Waals surface area contributed by atoms with Gasteiger partial charge in [-0.05, 0) is 74.2 Å². The Labute approximate surface area is 144 Å². The maximum absolute atomic E-state index is 5.30. The number of anilines is 1. The molecule has 0 aliphatic rings. The van der Waals surface area contributed by atoms with Crippen LogP contribution in [0.2, 0.25) is 0 Å². The monoisotopic (exact) mass is 461 g/mol. The van der Waals surface area contributed by atoms with E-state index in [1.54, 1.807) is 7.11 Å². The van der Waals surface area contributed by atoms with Crippen molar-refractivity contribution < 1.29 is 4.74 Å². The first-order valence-electron chi connectivity index (χ1n) is 6.03. The molecule has 20 heavy (non-hydrogen) atoms.